The minimum atomic E-state index is -3.05. The molecule has 2 N–H and O–H groups in total. The van der Waals surface area contributed by atoms with Gasteiger partial charge in [0.15, 0.2) is 0 Å². The van der Waals surface area contributed by atoms with Crippen LogP contribution in [0.5, 0.6) is 0 Å². The number of fused-ring (bicyclic) bond motifs is 1. The van der Waals surface area contributed by atoms with Crippen LogP contribution in [0, 0.1) is 11.3 Å². The largest absolute Gasteiger partial charge is 0.481 e. The van der Waals surface area contributed by atoms with E-state index in [1.807, 2.05) is 0 Å². The molecule has 5 nitrogen and oxygen atoms in total. The van der Waals surface area contributed by atoms with Gasteiger partial charge in [-0.2, -0.15) is 0 Å². The van der Waals surface area contributed by atoms with Gasteiger partial charge < -0.3 is 15.3 Å². The van der Waals surface area contributed by atoms with Crippen LogP contribution >= 0.6 is 0 Å². The zero-order valence-electron chi connectivity index (χ0n) is 10.9. The Morgan fingerprint density at radius 3 is 2.79 bits per heavy atom. The van der Waals surface area contributed by atoms with Crippen LogP contribution in [0.4, 0.5) is 8.78 Å². The molecule has 0 unspecified atom stereocenters. The molecular formula is C12H18F2N2O3. The molecule has 7 heteroatoms. The smallest absolute Gasteiger partial charge is 0.310 e. The highest BCUT2D eigenvalue weighted by Gasteiger charge is 2.57. The summed E-state index contributed by atoms with van der Waals surface area (Å²) in [6.45, 7) is 2.77. The van der Waals surface area contributed by atoms with Crippen LogP contribution < -0.4 is 5.32 Å². The van der Waals surface area contributed by atoms with E-state index in [1.165, 1.54) is 18.7 Å². The quantitative estimate of drug-likeness (QED) is 0.790. The SMILES string of the molecule is CC(C)(CN1CC[C@H]2NCC(F)(F)[C@H]2C1=O)C(=O)O. The molecular weight excluding hydrogens is 258 g/mol. The first kappa shape index (κ1) is 14.2. The highest BCUT2D eigenvalue weighted by atomic mass is 19.3. The van der Waals surface area contributed by atoms with Crippen LogP contribution in [0.25, 0.3) is 0 Å². The van der Waals surface area contributed by atoms with Gasteiger partial charge in [0, 0.05) is 19.1 Å². The highest BCUT2D eigenvalue weighted by Crippen LogP contribution is 2.38. The van der Waals surface area contributed by atoms with E-state index in [2.05, 4.69) is 5.32 Å². The van der Waals surface area contributed by atoms with E-state index >= 15 is 0 Å². The van der Waals surface area contributed by atoms with Gasteiger partial charge in [0.1, 0.15) is 5.92 Å². The Labute approximate surface area is 109 Å². The number of amides is 1. The average molecular weight is 276 g/mol. The van der Waals surface area contributed by atoms with Gasteiger partial charge in [-0.3, -0.25) is 9.59 Å². The number of nitrogens with one attached hydrogen (secondary N) is 1. The third-order valence-electron chi connectivity index (χ3n) is 3.91. The summed E-state index contributed by atoms with van der Waals surface area (Å²) in [5.74, 6) is -6.08. The summed E-state index contributed by atoms with van der Waals surface area (Å²) in [4.78, 5) is 24.5. The monoisotopic (exact) mass is 276 g/mol. The number of piperidine rings is 1. The van der Waals surface area contributed by atoms with Gasteiger partial charge in [-0.05, 0) is 20.3 Å². The number of carbonyl (C=O) groups excluding carboxylic acids is 1. The van der Waals surface area contributed by atoms with E-state index in [0.717, 1.165) is 0 Å². The summed E-state index contributed by atoms with van der Waals surface area (Å²) in [5, 5.41) is 11.7. The first-order valence-electron chi connectivity index (χ1n) is 6.28. The first-order valence-corrected chi connectivity index (χ1v) is 6.28. The predicted molar refractivity (Wildman–Crippen MR) is 62.8 cm³/mol. The molecule has 0 aromatic carbocycles. The van der Waals surface area contributed by atoms with E-state index in [9.17, 15) is 18.4 Å². The van der Waals surface area contributed by atoms with Crippen molar-refractivity contribution in [3.63, 3.8) is 0 Å². The average Bonchev–Trinajstić information content (AvgIpc) is 2.59. The maximum absolute atomic E-state index is 13.7. The molecule has 0 aromatic heterocycles. The highest BCUT2D eigenvalue weighted by molar-refractivity contribution is 5.83. The van der Waals surface area contributed by atoms with Gasteiger partial charge in [0.05, 0.1) is 12.0 Å². The number of alkyl halides is 2. The van der Waals surface area contributed by atoms with E-state index in [4.69, 9.17) is 5.11 Å². The van der Waals surface area contributed by atoms with Gasteiger partial charge in [0.25, 0.3) is 5.92 Å². The van der Waals surface area contributed by atoms with Crippen LogP contribution in [0.2, 0.25) is 0 Å². The van der Waals surface area contributed by atoms with Crippen molar-refractivity contribution in [3.05, 3.63) is 0 Å². The van der Waals surface area contributed by atoms with E-state index in [-0.39, 0.29) is 6.54 Å². The number of carboxylic acids is 1. The second-order valence-electron chi connectivity index (χ2n) is 5.96. The Kier molecular flexibility index (Phi) is 3.28. The maximum atomic E-state index is 13.7. The van der Waals surface area contributed by atoms with Crippen molar-refractivity contribution in [3.8, 4) is 0 Å². The maximum Gasteiger partial charge on any atom is 0.310 e. The molecule has 2 fully saturated rings. The summed E-state index contributed by atoms with van der Waals surface area (Å²) in [6.07, 6.45) is 0.432. The fourth-order valence-electron chi connectivity index (χ4n) is 2.71. The van der Waals surface area contributed by atoms with Gasteiger partial charge in [0.2, 0.25) is 5.91 Å². The molecule has 0 bridgehead atoms. The number of likely N-dealkylation sites (tertiary alicyclic amines) is 1. The lowest BCUT2D eigenvalue weighted by atomic mass is 9.87. The molecule has 2 rings (SSSR count). The van der Waals surface area contributed by atoms with Gasteiger partial charge in [-0.25, -0.2) is 8.78 Å². The third-order valence-corrected chi connectivity index (χ3v) is 3.91. The van der Waals surface area contributed by atoms with Crippen LogP contribution in [-0.4, -0.2) is 53.5 Å². The van der Waals surface area contributed by atoms with Crippen molar-refractivity contribution >= 4 is 11.9 Å². The molecule has 0 aliphatic carbocycles. The first-order chi connectivity index (χ1) is 8.65. The van der Waals surface area contributed by atoms with Crippen molar-refractivity contribution in [2.75, 3.05) is 19.6 Å². The van der Waals surface area contributed by atoms with Crippen LogP contribution in [0.3, 0.4) is 0 Å². The number of hydrogen-bond donors (Lipinski definition) is 2. The number of hydrogen-bond acceptors (Lipinski definition) is 3. The Morgan fingerprint density at radius 1 is 1.58 bits per heavy atom. The zero-order valence-corrected chi connectivity index (χ0v) is 10.9. The number of halogens is 2. The van der Waals surface area contributed by atoms with Crippen molar-refractivity contribution in [1.29, 1.82) is 0 Å². The fourth-order valence-corrected chi connectivity index (χ4v) is 2.71. The van der Waals surface area contributed by atoms with Crippen molar-refractivity contribution < 1.29 is 23.5 Å². The Hall–Kier alpha value is -1.24. The van der Waals surface area contributed by atoms with E-state index < -0.39 is 41.7 Å². The van der Waals surface area contributed by atoms with Crippen LogP contribution in [0.1, 0.15) is 20.3 Å². The van der Waals surface area contributed by atoms with Crippen LogP contribution in [0.15, 0.2) is 0 Å². The normalized spacial score (nSPS) is 30.3. The molecule has 0 saturated carbocycles. The molecule has 2 heterocycles. The molecule has 0 radical (unpaired) electrons. The number of aliphatic carboxylic acids is 1. The molecule has 0 aromatic rings. The van der Waals surface area contributed by atoms with Crippen molar-refractivity contribution in [2.45, 2.75) is 32.2 Å². The molecule has 108 valence electrons. The summed E-state index contributed by atoms with van der Waals surface area (Å²) in [7, 11) is 0. The molecule has 2 atom stereocenters. The summed E-state index contributed by atoms with van der Waals surface area (Å²) in [6, 6.07) is -0.494. The molecule has 2 aliphatic rings. The van der Waals surface area contributed by atoms with Gasteiger partial charge >= 0.3 is 5.97 Å². The lowest BCUT2D eigenvalue weighted by Gasteiger charge is -2.38. The molecule has 1 amide bonds. The van der Waals surface area contributed by atoms with E-state index in [1.54, 1.807) is 0 Å². The number of nitrogens with zero attached hydrogens (tertiary/aromatic N) is 1. The minimum Gasteiger partial charge on any atom is -0.481 e. The fraction of sp³-hybridized carbons (Fsp3) is 0.833. The number of rotatable bonds is 3. The van der Waals surface area contributed by atoms with Crippen LogP contribution in [-0.2, 0) is 9.59 Å². The standard InChI is InChI=1S/C12H18F2N2O3/c1-11(2,10(18)19)6-16-4-3-7-8(9(16)17)12(13,14)5-15-7/h7-8,15H,3-6H2,1-2H3,(H,18,19)/t7-,8-/m1/s1. The molecule has 0 spiro atoms. The van der Waals surface area contributed by atoms with Gasteiger partial charge in [-0.1, -0.05) is 0 Å². The number of carbonyl (C=O) groups is 2. The molecule has 2 saturated heterocycles. The lowest BCUT2D eigenvalue weighted by molar-refractivity contribution is -0.156. The molecule has 2 aliphatic heterocycles. The Morgan fingerprint density at radius 2 is 2.21 bits per heavy atom. The Bertz CT molecular complexity index is 412. The lowest BCUT2D eigenvalue weighted by Crippen LogP contribution is -2.55. The molecule has 19 heavy (non-hydrogen) atoms. The predicted octanol–water partition coefficient (Wildman–Crippen LogP) is 0.553. The third kappa shape index (κ3) is 2.43. The summed E-state index contributed by atoms with van der Waals surface area (Å²) < 4.78 is 27.3. The number of carboxylic acid groups (broad SMARTS) is 1. The minimum absolute atomic E-state index is 0.0412. The van der Waals surface area contributed by atoms with Crippen molar-refractivity contribution in [1.82, 2.24) is 10.2 Å². The Balaban J connectivity index is 2.13. The van der Waals surface area contributed by atoms with Crippen molar-refractivity contribution in [2.24, 2.45) is 11.3 Å². The second-order valence-corrected chi connectivity index (χ2v) is 5.96. The second kappa shape index (κ2) is 4.40. The topological polar surface area (TPSA) is 69.6 Å². The van der Waals surface area contributed by atoms with Gasteiger partial charge in [-0.15, -0.1) is 0 Å². The van der Waals surface area contributed by atoms with E-state index in [0.29, 0.717) is 13.0 Å². The summed E-state index contributed by atoms with van der Waals surface area (Å²) >= 11 is 0. The zero-order chi connectivity index (χ0) is 14.4. The summed E-state index contributed by atoms with van der Waals surface area (Å²) in [5.41, 5.74) is -1.14.